The Morgan fingerprint density at radius 3 is 2.24 bits per heavy atom. The average Bonchev–Trinajstić information content (AvgIpc) is 3.23. The molecule has 0 aliphatic carbocycles. The normalized spacial score (nSPS) is 20.8. The number of hydrogen-bond donors (Lipinski definition) is 2. The van der Waals surface area contributed by atoms with Gasteiger partial charge in [-0.05, 0) is 31.8 Å². The number of ether oxygens (including phenoxy) is 1. The summed E-state index contributed by atoms with van der Waals surface area (Å²) in [6.45, 7) is 8.57. The van der Waals surface area contributed by atoms with Crippen molar-refractivity contribution in [3.05, 3.63) is 91.7 Å². The van der Waals surface area contributed by atoms with E-state index in [-0.39, 0.29) is 26.6 Å². The zero-order valence-corrected chi connectivity index (χ0v) is 21.2. The van der Waals surface area contributed by atoms with E-state index >= 15 is 0 Å². The summed E-state index contributed by atoms with van der Waals surface area (Å²) in [5.74, 6) is 1.22. The Morgan fingerprint density at radius 2 is 1.55 bits per heavy atom. The maximum atomic E-state index is 6.11. The number of rotatable bonds is 4. The molecule has 2 unspecified atom stereocenters. The molecule has 0 spiro atoms. The molecule has 2 N–H and O–H groups in total. The van der Waals surface area contributed by atoms with E-state index < -0.39 is 0 Å². The SMILES string of the molecule is C[NH+]1[CH-]N(c2[c-]c(Oc3[c-]c(N4[CH-][NH+](C)C(C)(C)c5ccccc54)ccc3)ccc2)N=N1.[Pt+4]. The largest absolute Gasteiger partial charge is 4.00 e. The summed E-state index contributed by atoms with van der Waals surface area (Å²) in [4.78, 5) is 3.47. The van der Waals surface area contributed by atoms with Crippen LogP contribution in [0.15, 0.2) is 71.1 Å². The molecule has 2 atom stereocenters. The van der Waals surface area contributed by atoms with Gasteiger partial charge in [0, 0.05) is 41.7 Å². The molecule has 0 saturated carbocycles. The molecule has 0 radical (unpaired) electrons. The molecular formula is C25H26N6OPt+2. The number of benzene rings is 3. The van der Waals surface area contributed by atoms with Gasteiger partial charge >= 0.3 is 21.1 Å². The average molecular weight is 622 g/mol. The van der Waals surface area contributed by atoms with Crippen molar-refractivity contribution >= 4 is 17.1 Å². The summed E-state index contributed by atoms with van der Waals surface area (Å²) in [7, 11) is 4.08. The van der Waals surface area contributed by atoms with Gasteiger partial charge in [0.1, 0.15) is 0 Å². The van der Waals surface area contributed by atoms with Crippen LogP contribution in [0.1, 0.15) is 19.4 Å². The molecule has 0 bridgehead atoms. The van der Waals surface area contributed by atoms with Crippen molar-refractivity contribution in [2.75, 3.05) is 24.0 Å². The summed E-state index contributed by atoms with van der Waals surface area (Å²) < 4.78 is 6.11. The van der Waals surface area contributed by atoms with Crippen LogP contribution in [-0.4, -0.2) is 14.1 Å². The molecule has 8 heteroatoms. The smallest absolute Gasteiger partial charge is 0.509 e. The molecule has 0 saturated heterocycles. The summed E-state index contributed by atoms with van der Waals surface area (Å²) in [6.07, 6.45) is 0. The Kier molecular flexibility index (Phi) is 6.57. The molecule has 0 aromatic heterocycles. The Hall–Kier alpha value is -2.73. The maximum Gasteiger partial charge on any atom is 4.00 e. The molecule has 0 fully saturated rings. The Balaban J connectivity index is 0.00000259. The zero-order chi connectivity index (χ0) is 22.3. The topological polar surface area (TPSA) is 49.3 Å². The number of hydrogen-bond acceptors (Lipinski definition) is 5. The molecule has 170 valence electrons. The fourth-order valence-electron chi connectivity index (χ4n) is 3.90. The molecule has 7 nitrogen and oxygen atoms in total. The second-order valence-electron chi connectivity index (χ2n) is 8.53. The first-order valence-corrected chi connectivity index (χ1v) is 10.6. The van der Waals surface area contributed by atoms with Crippen molar-refractivity contribution in [3.63, 3.8) is 0 Å². The van der Waals surface area contributed by atoms with Gasteiger partial charge in [-0.3, -0.25) is 5.01 Å². The van der Waals surface area contributed by atoms with Crippen LogP contribution in [0.25, 0.3) is 0 Å². The van der Waals surface area contributed by atoms with E-state index in [1.165, 1.54) is 10.5 Å². The minimum absolute atomic E-state index is 0. The molecule has 3 aromatic rings. The van der Waals surface area contributed by atoms with Crippen molar-refractivity contribution in [1.82, 2.24) is 0 Å². The van der Waals surface area contributed by atoms with Gasteiger partial charge in [-0.2, -0.15) is 12.1 Å². The monoisotopic (exact) mass is 621 g/mol. The number of para-hydroxylation sites is 1. The summed E-state index contributed by atoms with van der Waals surface area (Å²) >= 11 is 0. The van der Waals surface area contributed by atoms with E-state index in [2.05, 4.69) is 79.3 Å². The van der Waals surface area contributed by atoms with Gasteiger partial charge in [0.25, 0.3) is 0 Å². The predicted molar refractivity (Wildman–Crippen MR) is 122 cm³/mol. The maximum absolute atomic E-state index is 6.11. The van der Waals surface area contributed by atoms with E-state index in [0.29, 0.717) is 11.5 Å². The van der Waals surface area contributed by atoms with Crippen molar-refractivity contribution in [1.29, 1.82) is 0 Å². The molecule has 3 aromatic carbocycles. The molecule has 2 aliphatic heterocycles. The number of fused-ring (bicyclic) bond motifs is 1. The van der Waals surface area contributed by atoms with E-state index in [1.807, 2.05) is 50.1 Å². The minimum atomic E-state index is -0.0175. The van der Waals surface area contributed by atoms with Gasteiger partial charge < -0.3 is 19.5 Å². The van der Waals surface area contributed by atoms with Gasteiger partial charge in [0.05, 0.1) is 12.6 Å². The van der Waals surface area contributed by atoms with E-state index in [4.69, 9.17) is 4.74 Å². The van der Waals surface area contributed by atoms with Gasteiger partial charge in [0.2, 0.25) is 0 Å². The standard InChI is InChI=1S/C25H26N6O.Pt/c1-25(2)23-13-5-6-14-24(23)30(17-28(25)3)19-9-7-11-21(15-19)32-22-12-8-10-20(16-22)31-18-29(4)26-27-31;/h5-14,17-18,28-29H,1-4H3;/q-2;+4. The third kappa shape index (κ3) is 4.54. The Morgan fingerprint density at radius 1 is 0.879 bits per heavy atom. The van der Waals surface area contributed by atoms with Crippen LogP contribution in [-0.2, 0) is 26.6 Å². The fourth-order valence-corrected chi connectivity index (χ4v) is 3.90. The quantitative estimate of drug-likeness (QED) is 0.441. The number of nitrogens with one attached hydrogen (secondary N) is 2. The van der Waals surface area contributed by atoms with E-state index in [0.717, 1.165) is 22.1 Å². The second-order valence-corrected chi connectivity index (χ2v) is 8.53. The molecule has 2 heterocycles. The number of anilines is 3. The van der Waals surface area contributed by atoms with Gasteiger partial charge in [0.15, 0.2) is 0 Å². The minimum Gasteiger partial charge on any atom is -0.509 e. The first kappa shape index (κ1) is 23.4. The molecular weight excluding hydrogens is 595 g/mol. The first-order valence-electron chi connectivity index (χ1n) is 10.6. The van der Waals surface area contributed by atoms with Crippen molar-refractivity contribution in [3.8, 4) is 11.5 Å². The van der Waals surface area contributed by atoms with Gasteiger partial charge in [-0.25, -0.2) is 0 Å². The van der Waals surface area contributed by atoms with Crippen LogP contribution in [0.4, 0.5) is 17.1 Å². The number of nitrogens with zero attached hydrogens (tertiary/aromatic N) is 4. The summed E-state index contributed by atoms with van der Waals surface area (Å²) in [6, 6.07) is 26.8. The predicted octanol–water partition coefficient (Wildman–Crippen LogP) is 2.83. The number of quaternary nitrogens is 2. The molecule has 5 rings (SSSR count). The van der Waals surface area contributed by atoms with E-state index in [9.17, 15) is 0 Å². The molecule has 0 amide bonds. The third-order valence-electron chi connectivity index (χ3n) is 5.99. The molecule has 2 aliphatic rings. The van der Waals surface area contributed by atoms with Crippen LogP contribution in [0, 0.1) is 25.5 Å². The Bertz CT molecular complexity index is 1170. The van der Waals surface area contributed by atoms with Crippen LogP contribution in [0.5, 0.6) is 11.5 Å². The molecule has 33 heavy (non-hydrogen) atoms. The first-order chi connectivity index (χ1) is 15.4. The van der Waals surface area contributed by atoms with Crippen molar-refractivity contribution in [2.45, 2.75) is 19.4 Å². The zero-order valence-electron chi connectivity index (χ0n) is 18.9. The second kappa shape index (κ2) is 9.26. The van der Waals surface area contributed by atoms with Crippen LogP contribution in [0.2, 0.25) is 0 Å². The summed E-state index contributed by atoms with van der Waals surface area (Å²) in [5, 5.41) is 10.7. The van der Waals surface area contributed by atoms with Gasteiger partial charge in [-0.1, -0.05) is 29.6 Å². The van der Waals surface area contributed by atoms with Crippen LogP contribution in [0.3, 0.4) is 0 Å². The van der Waals surface area contributed by atoms with Crippen molar-refractivity contribution in [2.24, 2.45) is 10.4 Å². The van der Waals surface area contributed by atoms with Gasteiger partial charge in [-0.15, -0.1) is 36.4 Å². The Labute approximate surface area is 209 Å². The van der Waals surface area contributed by atoms with Crippen molar-refractivity contribution < 1.29 is 35.7 Å². The van der Waals surface area contributed by atoms with Crippen LogP contribution >= 0.6 is 0 Å². The van der Waals surface area contributed by atoms with E-state index in [1.54, 1.807) is 5.01 Å². The summed E-state index contributed by atoms with van der Waals surface area (Å²) in [5.41, 5.74) is 4.13. The fraction of sp³-hybridized carbons (Fsp3) is 0.200. The van der Waals surface area contributed by atoms with Crippen LogP contribution < -0.4 is 24.6 Å². The third-order valence-corrected chi connectivity index (χ3v) is 5.99.